The summed E-state index contributed by atoms with van der Waals surface area (Å²) in [7, 11) is 2.59. The number of carbonyl (C=O) groups excluding carboxylic acids is 2. The molecule has 2 amide bonds. The second-order valence-corrected chi connectivity index (χ2v) is 2.12. The van der Waals surface area contributed by atoms with Crippen LogP contribution in [-0.4, -0.2) is 48.3 Å². The van der Waals surface area contributed by atoms with Crippen molar-refractivity contribution in [2.75, 3.05) is 14.1 Å². The minimum atomic E-state index is -1.73. The van der Waals surface area contributed by atoms with Crippen LogP contribution in [0.15, 0.2) is 0 Å². The lowest BCUT2D eigenvalue weighted by Gasteiger charge is -2.14. The fourth-order valence-electron chi connectivity index (χ4n) is 0.583. The first-order valence-electron chi connectivity index (χ1n) is 3.34. The zero-order valence-corrected chi connectivity index (χ0v) is 6.87. The third-order valence-electron chi connectivity index (χ3n) is 1.33. The van der Waals surface area contributed by atoms with Crippen molar-refractivity contribution in [2.45, 2.75) is 12.2 Å². The number of rotatable bonds is 3. The first-order chi connectivity index (χ1) is 5.54. The van der Waals surface area contributed by atoms with Crippen molar-refractivity contribution in [2.24, 2.45) is 0 Å². The molecule has 0 aromatic heterocycles. The third-order valence-corrected chi connectivity index (χ3v) is 1.33. The van der Waals surface area contributed by atoms with E-state index < -0.39 is 24.0 Å². The summed E-state index contributed by atoms with van der Waals surface area (Å²) in [5, 5.41) is 22.1. The summed E-state index contributed by atoms with van der Waals surface area (Å²) in [6.07, 6.45) is -3.45. The Balaban J connectivity index is 4.18. The maximum absolute atomic E-state index is 10.7. The van der Waals surface area contributed by atoms with Crippen LogP contribution in [0.4, 0.5) is 0 Å². The van der Waals surface area contributed by atoms with E-state index in [2.05, 4.69) is 10.6 Å². The predicted molar refractivity (Wildman–Crippen MR) is 40.1 cm³/mol. The molecule has 0 spiro atoms. The average Bonchev–Trinajstić information content (AvgIpc) is 2.12. The maximum Gasteiger partial charge on any atom is 0.251 e. The molecule has 70 valence electrons. The third kappa shape index (κ3) is 2.48. The molecule has 6 nitrogen and oxygen atoms in total. The van der Waals surface area contributed by atoms with Crippen LogP contribution in [-0.2, 0) is 9.59 Å². The van der Waals surface area contributed by atoms with Gasteiger partial charge in [0.2, 0.25) is 0 Å². The maximum atomic E-state index is 10.7. The van der Waals surface area contributed by atoms with Crippen molar-refractivity contribution in [1.29, 1.82) is 0 Å². The van der Waals surface area contributed by atoms with Gasteiger partial charge in [0.15, 0.2) is 12.2 Å². The van der Waals surface area contributed by atoms with E-state index in [1.165, 1.54) is 14.1 Å². The largest absolute Gasteiger partial charge is 0.380 e. The zero-order valence-electron chi connectivity index (χ0n) is 6.87. The number of hydrogen-bond donors (Lipinski definition) is 4. The molecule has 0 rings (SSSR count). The topological polar surface area (TPSA) is 98.7 Å². The Labute approximate surface area is 69.6 Å². The van der Waals surface area contributed by atoms with Gasteiger partial charge in [-0.3, -0.25) is 9.59 Å². The quantitative estimate of drug-likeness (QED) is 0.373. The Kier molecular flexibility index (Phi) is 4.24. The van der Waals surface area contributed by atoms with Gasteiger partial charge in [-0.15, -0.1) is 0 Å². The Bertz CT molecular complexity index is 162. The van der Waals surface area contributed by atoms with Crippen LogP contribution in [0.3, 0.4) is 0 Å². The normalized spacial score (nSPS) is 14.7. The average molecular weight is 176 g/mol. The van der Waals surface area contributed by atoms with Crippen LogP contribution in [0, 0.1) is 0 Å². The lowest BCUT2D eigenvalue weighted by atomic mass is 10.2. The number of carbonyl (C=O) groups is 2. The van der Waals surface area contributed by atoms with E-state index in [9.17, 15) is 9.59 Å². The Morgan fingerprint density at radius 3 is 1.42 bits per heavy atom. The first-order valence-corrected chi connectivity index (χ1v) is 3.34. The van der Waals surface area contributed by atoms with E-state index >= 15 is 0 Å². The molecule has 4 N–H and O–H groups in total. The van der Waals surface area contributed by atoms with Crippen molar-refractivity contribution < 1.29 is 19.8 Å². The van der Waals surface area contributed by atoms with Crippen LogP contribution in [0.1, 0.15) is 0 Å². The van der Waals surface area contributed by atoms with Crippen LogP contribution in [0.25, 0.3) is 0 Å². The van der Waals surface area contributed by atoms with Crippen molar-refractivity contribution in [3.05, 3.63) is 0 Å². The molecule has 0 aliphatic heterocycles. The molecule has 0 saturated heterocycles. The zero-order chi connectivity index (χ0) is 9.72. The van der Waals surface area contributed by atoms with Gasteiger partial charge in [0.05, 0.1) is 0 Å². The van der Waals surface area contributed by atoms with Crippen molar-refractivity contribution >= 4 is 11.8 Å². The van der Waals surface area contributed by atoms with Gasteiger partial charge >= 0.3 is 0 Å². The van der Waals surface area contributed by atoms with Gasteiger partial charge in [-0.1, -0.05) is 0 Å². The molecule has 0 fully saturated rings. The number of amides is 2. The molecule has 0 aromatic rings. The molecular weight excluding hydrogens is 164 g/mol. The van der Waals surface area contributed by atoms with Crippen molar-refractivity contribution in [3.8, 4) is 0 Å². The first kappa shape index (κ1) is 10.9. The SMILES string of the molecule is CNC(=O)[C@@H](O)[C@H](O)C(=O)NC. The second-order valence-electron chi connectivity index (χ2n) is 2.12. The fourth-order valence-corrected chi connectivity index (χ4v) is 0.583. The highest BCUT2D eigenvalue weighted by Gasteiger charge is 2.28. The Morgan fingerprint density at radius 1 is 1.00 bits per heavy atom. The highest BCUT2D eigenvalue weighted by atomic mass is 16.3. The van der Waals surface area contributed by atoms with Crippen molar-refractivity contribution in [3.63, 3.8) is 0 Å². The second kappa shape index (κ2) is 4.68. The molecule has 0 heterocycles. The predicted octanol–water partition coefficient (Wildman–Crippen LogP) is -2.80. The monoisotopic (exact) mass is 176 g/mol. The van der Waals surface area contributed by atoms with E-state index in [0.717, 1.165) is 0 Å². The summed E-state index contributed by atoms with van der Waals surface area (Å²) in [4.78, 5) is 21.3. The smallest absolute Gasteiger partial charge is 0.251 e. The molecule has 0 aliphatic rings. The van der Waals surface area contributed by atoms with Gasteiger partial charge in [0, 0.05) is 14.1 Å². The van der Waals surface area contributed by atoms with Crippen LogP contribution in [0.2, 0.25) is 0 Å². The van der Waals surface area contributed by atoms with Gasteiger partial charge in [-0.25, -0.2) is 0 Å². The number of aliphatic hydroxyl groups is 2. The number of aliphatic hydroxyl groups excluding tert-OH is 2. The summed E-state index contributed by atoms with van der Waals surface area (Å²) >= 11 is 0. The molecule has 0 aliphatic carbocycles. The van der Waals surface area contributed by atoms with Gasteiger partial charge in [0.25, 0.3) is 11.8 Å². The molecule has 0 saturated carbocycles. The highest BCUT2D eigenvalue weighted by Crippen LogP contribution is 1.92. The highest BCUT2D eigenvalue weighted by molar-refractivity contribution is 5.90. The van der Waals surface area contributed by atoms with Gasteiger partial charge in [-0.05, 0) is 0 Å². The molecule has 0 aromatic carbocycles. The van der Waals surface area contributed by atoms with E-state index in [4.69, 9.17) is 10.2 Å². The number of nitrogens with one attached hydrogen (secondary N) is 2. The van der Waals surface area contributed by atoms with E-state index in [1.807, 2.05) is 0 Å². The number of hydrogen-bond acceptors (Lipinski definition) is 4. The molecule has 0 radical (unpaired) electrons. The molecule has 0 bridgehead atoms. The van der Waals surface area contributed by atoms with E-state index in [-0.39, 0.29) is 0 Å². The summed E-state index contributed by atoms with van der Waals surface area (Å²) in [6.45, 7) is 0. The summed E-state index contributed by atoms with van der Waals surface area (Å²) in [5.74, 6) is -1.60. The lowest BCUT2D eigenvalue weighted by Crippen LogP contribution is -2.47. The van der Waals surface area contributed by atoms with Crippen LogP contribution in [0.5, 0.6) is 0 Å². The van der Waals surface area contributed by atoms with E-state index in [0.29, 0.717) is 0 Å². The number of likely N-dealkylation sites (N-methyl/N-ethyl adjacent to an activating group) is 2. The minimum Gasteiger partial charge on any atom is -0.380 e. The minimum absolute atomic E-state index is 0.800. The molecule has 2 atom stereocenters. The van der Waals surface area contributed by atoms with Gasteiger partial charge in [0.1, 0.15) is 0 Å². The summed E-state index contributed by atoms with van der Waals surface area (Å²) < 4.78 is 0. The summed E-state index contributed by atoms with van der Waals surface area (Å²) in [6, 6.07) is 0. The molecule has 0 unspecified atom stereocenters. The summed E-state index contributed by atoms with van der Waals surface area (Å²) in [5.41, 5.74) is 0. The van der Waals surface area contributed by atoms with Gasteiger partial charge < -0.3 is 20.8 Å². The Morgan fingerprint density at radius 2 is 1.25 bits per heavy atom. The van der Waals surface area contributed by atoms with Crippen LogP contribution >= 0.6 is 0 Å². The molecule has 6 heteroatoms. The van der Waals surface area contributed by atoms with Crippen LogP contribution < -0.4 is 10.6 Å². The van der Waals surface area contributed by atoms with Crippen molar-refractivity contribution in [1.82, 2.24) is 10.6 Å². The lowest BCUT2D eigenvalue weighted by molar-refractivity contribution is -0.145. The fraction of sp³-hybridized carbons (Fsp3) is 0.667. The van der Waals surface area contributed by atoms with E-state index in [1.54, 1.807) is 0 Å². The molecular formula is C6H12N2O4. The standard InChI is InChI=1S/C6H12N2O4/c1-7-5(11)3(9)4(10)6(12)8-2/h3-4,9-10H,1-2H3,(H,7,11)(H,8,12)/t3-,4-/m0/s1. The molecule has 12 heavy (non-hydrogen) atoms. The Hall–Kier alpha value is -1.14. The van der Waals surface area contributed by atoms with Gasteiger partial charge in [-0.2, -0.15) is 0 Å².